The molecular weight excluding hydrogens is 206 g/mol. The summed E-state index contributed by atoms with van der Waals surface area (Å²) in [5.41, 5.74) is -0.423. The van der Waals surface area contributed by atoms with E-state index in [9.17, 15) is 14.9 Å². The monoisotopic (exact) mass is 213 g/mol. The predicted molar refractivity (Wildman–Crippen MR) is 51.7 cm³/mol. The maximum atomic E-state index is 11.2. The molecule has 1 rings (SSSR count). The number of nitro benzene ring substituents is 1. The molecule has 0 unspecified atom stereocenters. The highest BCUT2D eigenvalue weighted by molar-refractivity contribution is 7.80. The topological polar surface area (TPSA) is 69.4 Å². The summed E-state index contributed by atoms with van der Waals surface area (Å²) in [7, 11) is 1.16. The van der Waals surface area contributed by atoms with Crippen LogP contribution in [-0.4, -0.2) is 18.0 Å². The zero-order chi connectivity index (χ0) is 10.7. The molecule has 1 aromatic rings. The Morgan fingerprint density at radius 2 is 2.21 bits per heavy atom. The van der Waals surface area contributed by atoms with Crippen molar-refractivity contribution in [3.05, 3.63) is 33.9 Å². The van der Waals surface area contributed by atoms with Crippen molar-refractivity contribution in [3.8, 4) is 0 Å². The molecule has 74 valence electrons. The van der Waals surface area contributed by atoms with Crippen molar-refractivity contribution in [1.29, 1.82) is 0 Å². The average molecular weight is 213 g/mol. The number of carbonyl (C=O) groups is 1. The second-order valence-electron chi connectivity index (χ2n) is 2.42. The van der Waals surface area contributed by atoms with Gasteiger partial charge in [-0.1, -0.05) is 6.07 Å². The fraction of sp³-hybridized carbons (Fsp3) is 0.125. The highest BCUT2D eigenvalue weighted by atomic mass is 32.1. The van der Waals surface area contributed by atoms with Crippen LogP contribution < -0.4 is 0 Å². The number of methoxy groups -OCH3 is 1. The lowest BCUT2D eigenvalue weighted by Gasteiger charge is -2.02. The molecule has 0 aliphatic heterocycles. The van der Waals surface area contributed by atoms with E-state index in [1.807, 2.05) is 0 Å². The van der Waals surface area contributed by atoms with Crippen LogP contribution in [0, 0.1) is 10.1 Å². The maximum Gasteiger partial charge on any atom is 0.346 e. The summed E-state index contributed by atoms with van der Waals surface area (Å²) in [6.45, 7) is 0. The molecule has 0 saturated carbocycles. The smallest absolute Gasteiger partial charge is 0.346 e. The van der Waals surface area contributed by atoms with Gasteiger partial charge in [-0.05, 0) is 6.07 Å². The molecule has 14 heavy (non-hydrogen) atoms. The lowest BCUT2D eigenvalue weighted by atomic mass is 10.2. The molecule has 0 amide bonds. The summed E-state index contributed by atoms with van der Waals surface area (Å²) in [6.07, 6.45) is 0. The largest absolute Gasteiger partial charge is 0.465 e. The van der Waals surface area contributed by atoms with Crippen molar-refractivity contribution in [2.24, 2.45) is 0 Å². The molecule has 0 radical (unpaired) electrons. The van der Waals surface area contributed by atoms with Gasteiger partial charge < -0.3 is 4.74 Å². The van der Waals surface area contributed by atoms with Gasteiger partial charge >= 0.3 is 5.97 Å². The first kappa shape index (κ1) is 10.5. The van der Waals surface area contributed by atoms with Gasteiger partial charge in [-0.2, -0.15) is 0 Å². The van der Waals surface area contributed by atoms with Gasteiger partial charge in [0.25, 0.3) is 5.69 Å². The van der Waals surface area contributed by atoms with E-state index in [0.29, 0.717) is 0 Å². The van der Waals surface area contributed by atoms with Gasteiger partial charge in [0.2, 0.25) is 0 Å². The number of hydrogen-bond acceptors (Lipinski definition) is 5. The second kappa shape index (κ2) is 4.10. The van der Waals surface area contributed by atoms with Gasteiger partial charge in [0, 0.05) is 11.0 Å². The van der Waals surface area contributed by atoms with E-state index in [1.165, 1.54) is 18.2 Å². The molecule has 1 aromatic carbocycles. The first-order valence-corrected chi connectivity index (χ1v) is 4.07. The molecule has 0 heterocycles. The van der Waals surface area contributed by atoms with Crippen molar-refractivity contribution in [1.82, 2.24) is 0 Å². The number of carbonyl (C=O) groups excluding carboxylic acids is 1. The first-order valence-electron chi connectivity index (χ1n) is 3.62. The van der Waals surface area contributed by atoms with E-state index in [2.05, 4.69) is 17.4 Å². The fourth-order valence-corrected chi connectivity index (χ4v) is 1.28. The SMILES string of the molecule is COC(=O)c1c(S)cccc1[N+](=O)[O-]. The maximum absolute atomic E-state index is 11.2. The summed E-state index contributed by atoms with van der Waals surface area (Å²) >= 11 is 3.95. The number of benzene rings is 1. The minimum absolute atomic E-state index is 0.122. The van der Waals surface area contributed by atoms with Crippen LogP contribution in [0.2, 0.25) is 0 Å². The van der Waals surface area contributed by atoms with E-state index < -0.39 is 10.9 Å². The third-order valence-corrected chi connectivity index (χ3v) is 1.98. The van der Waals surface area contributed by atoms with Crippen molar-refractivity contribution >= 4 is 24.3 Å². The Kier molecular flexibility index (Phi) is 3.08. The molecule has 0 N–H and O–H groups in total. The number of thiol groups is 1. The Balaban J connectivity index is 3.36. The van der Waals surface area contributed by atoms with Crippen LogP contribution >= 0.6 is 12.6 Å². The summed E-state index contributed by atoms with van der Waals surface area (Å²) in [5, 5.41) is 10.6. The number of nitro groups is 1. The number of rotatable bonds is 2. The normalized spacial score (nSPS) is 9.57. The molecular formula is C8H7NO4S. The number of hydrogen-bond donors (Lipinski definition) is 1. The number of ether oxygens (including phenoxy) is 1. The number of esters is 1. The van der Waals surface area contributed by atoms with Crippen LogP contribution in [0.3, 0.4) is 0 Å². The highest BCUT2D eigenvalue weighted by Crippen LogP contribution is 2.25. The molecule has 5 nitrogen and oxygen atoms in total. The van der Waals surface area contributed by atoms with Crippen LogP contribution in [0.5, 0.6) is 0 Å². The van der Waals surface area contributed by atoms with E-state index in [4.69, 9.17) is 0 Å². The first-order chi connectivity index (χ1) is 6.57. The lowest BCUT2D eigenvalue weighted by Crippen LogP contribution is -2.06. The van der Waals surface area contributed by atoms with Crippen molar-refractivity contribution in [2.45, 2.75) is 4.90 Å². The zero-order valence-corrected chi connectivity index (χ0v) is 8.15. The molecule has 0 aliphatic rings. The minimum atomic E-state index is -0.762. The summed E-state index contributed by atoms with van der Waals surface area (Å²) in [5.74, 6) is -0.762. The average Bonchev–Trinajstić information content (AvgIpc) is 2.16. The number of nitrogens with zero attached hydrogens (tertiary/aromatic N) is 1. The fourth-order valence-electron chi connectivity index (χ4n) is 0.992. The third kappa shape index (κ3) is 1.85. The molecule has 6 heteroatoms. The molecule has 0 aromatic heterocycles. The van der Waals surface area contributed by atoms with Crippen LogP contribution in [0.25, 0.3) is 0 Å². The van der Waals surface area contributed by atoms with Crippen LogP contribution in [0.1, 0.15) is 10.4 Å². The van der Waals surface area contributed by atoms with E-state index in [1.54, 1.807) is 0 Å². The van der Waals surface area contributed by atoms with Crippen LogP contribution in [-0.2, 0) is 4.74 Å². The quantitative estimate of drug-likeness (QED) is 0.351. The molecule has 0 bridgehead atoms. The van der Waals surface area contributed by atoms with E-state index in [0.717, 1.165) is 7.11 Å². The Morgan fingerprint density at radius 3 is 2.71 bits per heavy atom. The Hall–Kier alpha value is -1.56. The van der Waals surface area contributed by atoms with Gasteiger partial charge in [-0.25, -0.2) is 4.79 Å². The van der Waals surface area contributed by atoms with Crippen LogP contribution in [0.4, 0.5) is 5.69 Å². The lowest BCUT2D eigenvalue weighted by molar-refractivity contribution is -0.385. The standard InChI is InChI=1S/C8H7NO4S/c1-13-8(10)7-5(9(11)12)3-2-4-6(7)14/h2-4,14H,1H3. The molecule has 0 saturated heterocycles. The molecule has 0 fully saturated rings. The molecule has 0 atom stereocenters. The highest BCUT2D eigenvalue weighted by Gasteiger charge is 2.22. The third-order valence-electron chi connectivity index (χ3n) is 1.61. The Morgan fingerprint density at radius 1 is 1.57 bits per heavy atom. The van der Waals surface area contributed by atoms with Crippen molar-refractivity contribution in [2.75, 3.05) is 7.11 Å². The summed E-state index contributed by atoms with van der Waals surface area (Å²) in [4.78, 5) is 21.3. The van der Waals surface area contributed by atoms with Gasteiger partial charge in [-0.15, -0.1) is 12.6 Å². The molecule has 0 aliphatic carbocycles. The van der Waals surface area contributed by atoms with E-state index in [-0.39, 0.29) is 16.1 Å². The van der Waals surface area contributed by atoms with Gasteiger partial charge in [-0.3, -0.25) is 10.1 Å². The Labute approximate surface area is 85.2 Å². The van der Waals surface area contributed by atoms with Crippen molar-refractivity contribution < 1.29 is 14.5 Å². The summed E-state index contributed by atoms with van der Waals surface area (Å²) < 4.78 is 4.42. The van der Waals surface area contributed by atoms with Gasteiger partial charge in [0.1, 0.15) is 0 Å². The van der Waals surface area contributed by atoms with Crippen LogP contribution in [0.15, 0.2) is 23.1 Å². The van der Waals surface area contributed by atoms with Crippen molar-refractivity contribution in [3.63, 3.8) is 0 Å². The Bertz CT molecular complexity index is 391. The predicted octanol–water partition coefficient (Wildman–Crippen LogP) is 1.67. The second-order valence-corrected chi connectivity index (χ2v) is 2.90. The van der Waals surface area contributed by atoms with E-state index >= 15 is 0 Å². The minimum Gasteiger partial charge on any atom is -0.465 e. The van der Waals surface area contributed by atoms with Gasteiger partial charge in [0.15, 0.2) is 5.56 Å². The summed E-state index contributed by atoms with van der Waals surface area (Å²) in [6, 6.07) is 4.17. The molecule has 0 spiro atoms. The zero-order valence-electron chi connectivity index (χ0n) is 7.26. The van der Waals surface area contributed by atoms with Gasteiger partial charge in [0.05, 0.1) is 12.0 Å².